The second kappa shape index (κ2) is 5.96. The molecule has 0 nitrogen and oxygen atoms in total. The number of fused-ring (bicyclic) bond motifs is 1. The van der Waals surface area contributed by atoms with Crippen molar-refractivity contribution in [3.05, 3.63) is 77.4 Å². The van der Waals surface area contributed by atoms with Crippen LogP contribution < -0.4 is 0 Å². The summed E-state index contributed by atoms with van der Waals surface area (Å²) in [7, 11) is 0. The number of benzene rings is 2. The van der Waals surface area contributed by atoms with Crippen molar-refractivity contribution in [1.82, 2.24) is 0 Å². The van der Waals surface area contributed by atoms with Crippen LogP contribution in [-0.2, 0) is 5.41 Å². The van der Waals surface area contributed by atoms with Gasteiger partial charge >= 0.3 is 0 Å². The summed E-state index contributed by atoms with van der Waals surface area (Å²) in [5, 5.41) is 0. The zero-order chi connectivity index (χ0) is 15.7. The van der Waals surface area contributed by atoms with Crippen LogP contribution in [0.5, 0.6) is 0 Å². The molecule has 0 saturated carbocycles. The fourth-order valence-electron chi connectivity index (χ4n) is 3.50. The van der Waals surface area contributed by atoms with E-state index in [0.717, 1.165) is 12.2 Å². The molecule has 0 unspecified atom stereocenters. The number of hydrogen-bond donors (Lipinski definition) is 0. The Labute approximate surface area is 138 Å². The van der Waals surface area contributed by atoms with Gasteiger partial charge in [-0.05, 0) is 43.4 Å². The molecule has 0 radical (unpaired) electrons. The van der Waals surface area contributed by atoms with Crippen LogP contribution in [0.4, 0.5) is 0 Å². The summed E-state index contributed by atoms with van der Waals surface area (Å²) in [6, 6.07) is 16.0. The molecule has 114 valence electrons. The van der Waals surface area contributed by atoms with Crippen molar-refractivity contribution in [2.45, 2.75) is 43.4 Å². The molecular formula is C21H24S. The van der Waals surface area contributed by atoms with Gasteiger partial charge < -0.3 is 0 Å². The second-order valence-electron chi connectivity index (χ2n) is 6.69. The normalized spacial score (nSPS) is 23.9. The van der Waals surface area contributed by atoms with Crippen molar-refractivity contribution in [2.24, 2.45) is 0 Å². The van der Waals surface area contributed by atoms with Gasteiger partial charge in [0.25, 0.3) is 0 Å². The minimum atomic E-state index is 0.162. The molecule has 0 amide bonds. The molecular weight excluding hydrogens is 284 g/mol. The molecule has 22 heavy (non-hydrogen) atoms. The summed E-state index contributed by atoms with van der Waals surface area (Å²) < 4.78 is 0. The third kappa shape index (κ3) is 2.63. The van der Waals surface area contributed by atoms with Crippen molar-refractivity contribution >= 4 is 11.8 Å². The summed E-state index contributed by atoms with van der Waals surface area (Å²) in [4.78, 5) is 1.46. The first-order valence-corrected chi connectivity index (χ1v) is 8.94. The van der Waals surface area contributed by atoms with Crippen LogP contribution in [0.3, 0.4) is 0 Å². The van der Waals surface area contributed by atoms with E-state index < -0.39 is 0 Å². The maximum Gasteiger partial charge on any atom is 0.0110 e. The van der Waals surface area contributed by atoms with Gasteiger partial charge in [-0.25, -0.2) is 0 Å². The summed E-state index contributed by atoms with van der Waals surface area (Å²) in [5.41, 5.74) is 5.78. The lowest BCUT2D eigenvalue weighted by Crippen LogP contribution is -2.36. The average molecular weight is 308 g/mol. The van der Waals surface area contributed by atoms with Crippen LogP contribution in [0.25, 0.3) is 0 Å². The smallest absolute Gasteiger partial charge is 0.0110 e. The topological polar surface area (TPSA) is 0 Å². The summed E-state index contributed by atoms with van der Waals surface area (Å²) in [5.74, 6) is 1.63. The fourth-order valence-corrected chi connectivity index (χ4v) is 4.97. The third-order valence-electron chi connectivity index (χ3n) is 4.95. The molecule has 0 N–H and O–H groups in total. The lowest BCUT2D eigenvalue weighted by Gasteiger charge is -2.42. The molecule has 1 aliphatic rings. The first kappa shape index (κ1) is 15.4. The van der Waals surface area contributed by atoms with Crippen LogP contribution in [0.15, 0.2) is 60.0 Å². The van der Waals surface area contributed by atoms with E-state index in [1.807, 2.05) is 11.8 Å². The van der Waals surface area contributed by atoms with Crippen molar-refractivity contribution in [2.75, 3.05) is 5.75 Å². The minimum absolute atomic E-state index is 0.162. The summed E-state index contributed by atoms with van der Waals surface area (Å²) >= 11 is 2.00. The lowest BCUT2D eigenvalue weighted by molar-refractivity contribution is 0.409. The second-order valence-corrected chi connectivity index (χ2v) is 7.71. The zero-order valence-electron chi connectivity index (χ0n) is 13.7. The van der Waals surface area contributed by atoms with Crippen LogP contribution in [0.1, 0.15) is 41.5 Å². The largest absolute Gasteiger partial charge is 0.125 e. The predicted molar refractivity (Wildman–Crippen MR) is 98.0 cm³/mol. The molecule has 0 aliphatic carbocycles. The minimum Gasteiger partial charge on any atom is -0.125 e. The van der Waals surface area contributed by atoms with E-state index in [2.05, 4.69) is 75.9 Å². The Balaban J connectivity index is 2.09. The summed E-state index contributed by atoms with van der Waals surface area (Å²) in [6.07, 6.45) is 3.11. The third-order valence-corrected chi connectivity index (χ3v) is 6.36. The highest BCUT2D eigenvalue weighted by molar-refractivity contribution is 7.99. The Morgan fingerprint density at radius 2 is 1.82 bits per heavy atom. The lowest BCUT2D eigenvalue weighted by atomic mass is 9.68. The van der Waals surface area contributed by atoms with E-state index in [0.29, 0.717) is 5.92 Å². The molecule has 1 aliphatic heterocycles. The molecule has 1 heteroatoms. The standard InChI is InChI=1S/C21H24S/c1-5-6-19-18-12-9-16(3)13-20(18)22-14-21(19,4)17-10-7-15(2)8-11-17/h5,7-13,19H,1,6,14H2,2-4H3/t19-,21-/m0/s1. The maximum absolute atomic E-state index is 4.01. The zero-order valence-corrected chi connectivity index (χ0v) is 14.5. The average Bonchev–Trinajstić information content (AvgIpc) is 2.51. The number of allylic oxidation sites excluding steroid dienone is 1. The van der Waals surface area contributed by atoms with E-state index in [4.69, 9.17) is 0 Å². The van der Waals surface area contributed by atoms with E-state index in [9.17, 15) is 0 Å². The number of rotatable bonds is 3. The molecule has 2 aromatic carbocycles. The highest BCUT2D eigenvalue weighted by Gasteiger charge is 2.40. The molecule has 0 saturated heterocycles. The van der Waals surface area contributed by atoms with Crippen molar-refractivity contribution in [3.63, 3.8) is 0 Å². The first-order chi connectivity index (χ1) is 10.5. The highest BCUT2D eigenvalue weighted by atomic mass is 32.2. The number of hydrogen-bond acceptors (Lipinski definition) is 1. The molecule has 0 fully saturated rings. The molecule has 3 rings (SSSR count). The van der Waals surface area contributed by atoms with Crippen LogP contribution in [-0.4, -0.2) is 5.75 Å². The monoisotopic (exact) mass is 308 g/mol. The molecule has 1 heterocycles. The molecule has 2 aromatic rings. The molecule has 0 spiro atoms. The molecule has 0 bridgehead atoms. The SMILES string of the molecule is C=CC[C@H]1c2ccc(C)cc2SC[C@@]1(C)c1ccc(C)cc1. The number of aryl methyl sites for hydroxylation is 2. The predicted octanol–water partition coefficient (Wildman–Crippen LogP) is 6.03. The van der Waals surface area contributed by atoms with Crippen LogP contribution >= 0.6 is 11.8 Å². The first-order valence-electron chi connectivity index (χ1n) is 7.96. The number of thioether (sulfide) groups is 1. The Morgan fingerprint density at radius 1 is 1.14 bits per heavy atom. The quantitative estimate of drug-likeness (QED) is 0.624. The van der Waals surface area contributed by atoms with Crippen LogP contribution in [0, 0.1) is 13.8 Å². The van der Waals surface area contributed by atoms with E-state index in [1.54, 1.807) is 0 Å². The summed E-state index contributed by atoms with van der Waals surface area (Å²) in [6.45, 7) is 10.8. The van der Waals surface area contributed by atoms with Gasteiger partial charge in [-0.3, -0.25) is 0 Å². The Bertz CT molecular complexity index is 684. The Kier molecular flexibility index (Phi) is 4.18. The highest BCUT2D eigenvalue weighted by Crippen LogP contribution is 2.51. The Morgan fingerprint density at radius 3 is 2.50 bits per heavy atom. The molecule has 2 atom stereocenters. The van der Waals surface area contributed by atoms with E-state index in [1.165, 1.54) is 27.1 Å². The van der Waals surface area contributed by atoms with Gasteiger partial charge in [0, 0.05) is 16.1 Å². The van der Waals surface area contributed by atoms with E-state index in [-0.39, 0.29) is 5.41 Å². The molecule has 0 aromatic heterocycles. The van der Waals surface area contributed by atoms with Crippen molar-refractivity contribution in [3.8, 4) is 0 Å². The van der Waals surface area contributed by atoms with Gasteiger partial charge in [-0.15, -0.1) is 18.3 Å². The van der Waals surface area contributed by atoms with Crippen molar-refractivity contribution in [1.29, 1.82) is 0 Å². The van der Waals surface area contributed by atoms with Gasteiger partial charge in [0.1, 0.15) is 0 Å². The van der Waals surface area contributed by atoms with Gasteiger partial charge in [-0.2, -0.15) is 0 Å². The van der Waals surface area contributed by atoms with Gasteiger partial charge in [-0.1, -0.05) is 60.5 Å². The van der Waals surface area contributed by atoms with Gasteiger partial charge in [0.15, 0.2) is 0 Å². The fraction of sp³-hybridized carbons (Fsp3) is 0.333. The van der Waals surface area contributed by atoms with E-state index >= 15 is 0 Å². The Hall–Kier alpha value is -1.47. The maximum atomic E-state index is 4.01. The van der Waals surface area contributed by atoms with Crippen LogP contribution in [0.2, 0.25) is 0 Å². The van der Waals surface area contributed by atoms with Gasteiger partial charge in [0.2, 0.25) is 0 Å². The van der Waals surface area contributed by atoms with Gasteiger partial charge in [0.05, 0.1) is 0 Å². The van der Waals surface area contributed by atoms with Crippen molar-refractivity contribution < 1.29 is 0 Å².